The van der Waals surface area contributed by atoms with Crippen LogP contribution in [0, 0.1) is 19.8 Å². The maximum Gasteiger partial charge on any atom is 0.150 e. The second-order valence-corrected chi connectivity index (χ2v) is 9.41. The molecule has 21 heavy (non-hydrogen) atoms. The Morgan fingerprint density at radius 2 is 1.81 bits per heavy atom. The summed E-state index contributed by atoms with van der Waals surface area (Å²) in [7, 11) is -3.02. The molecule has 3 nitrogen and oxygen atoms in total. The molecule has 118 valence electrons. The van der Waals surface area contributed by atoms with Gasteiger partial charge in [-0.1, -0.05) is 34.5 Å². The van der Waals surface area contributed by atoms with E-state index in [2.05, 4.69) is 15.9 Å². The molecule has 0 spiro atoms. The van der Waals surface area contributed by atoms with Crippen molar-refractivity contribution in [2.75, 3.05) is 6.26 Å². The fourth-order valence-electron chi connectivity index (χ4n) is 3.28. The van der Waals surface area contributed by atoms with E-state index in [4.69, 9.17) is 0 Å². The van der Waals surface area contributed by atoms with Gasteiger partial charge in [0.25, 0.3) is 0 Å². The average molecular weight is 375 g/mol. The maximum absolute atomic E-state index is 11.8. The Labute approximate surface area is 135 Å². The number of hydrogen-bond acceptors (Lipinski definition) is 3. The van der Waals surface area contributed by atoms with Crippen LogP contribution in [0.3, 0.4) is 0 Å². The van der Waals surface area contributed by atoms with Crippen LogP contribution in [0.15, 0.2) is 16.6 Å². The topological polar surface area (TPSA) is 54.4 Å². The Kier molecular flexibility index (Phi) is 5.16. The van der Waals surface area contributed by atoms with Crippen LogP contribution >= 0.6 is 15.9 Å². The third-order valence-electron chi connectivity index (χ3n) is 4.52. The largest absolute Gasteiger partial charge is 0.388 e. The molecule has 0 aromatic heterocycles. The fourth-order valence-corrected chi connectivity index (χ4v) is 4.70. The highest BCUT2D eigenvalue weighted by Crippen LogP contribution is 2.38. The summed E-state index contributed by atoms with van der Waals surface area (Å²) in [5.74, 6) is 0.0263. The van der Waals surface area contributed by atoms with Gasteiger partial charge in [0.05, 0.1) is 11.4 Å². The lowest BCUT2D eigenvalue weighted by Crippen LogP contribution is -2.30. The normalized spacial score (nSPS) is 24.8. The van der Waals surface area contributed by atoms with Crippen molar-refractivity contribution in [2.45, 2.75) is 50.9 Å². The summed E-state index contributed by atoms with van der Waals surface area (Å²) in [5.41, 5.74) is 3.09. The van der Waals surface area contributed by atoms with Gasteiger partial charge >= 0.3 is 0 Å². The minimum absolute atomic E-state index is 0.0263. The van der Waals surface area contributed by atoms with Gasteiger partial charge in [-0.3, -0.25) is 0 Å². The molecule has 0 radical (unpaired) electrons. The van der Waals surface area contributed by atoms with Crippen molar-refractivity contribution in [3.05, 3.63) is 33.3 Å². The molecule has 0 heterocycles. The highest BCUT2D eigenvalue weighted by molar-refractivity contribution is 9.10. The molecule has 1 aromatic rings. The molecule has 0 saturated heterocycles. The average Bonchev–Trinajstić information content (AvgIpc) is 2.42. The maximum atomic E-state index is 11.8. The van der Waals surface area contributed by atoms with Crippen LogP contribution in [0.1, 0.15) is 48.5 Å². The van der Waals surface area contributed by atoms with Crippen LogP contribution < -0.4 is 0 Å². The van der Waals surface area contributed by atoms with Crippen molar-refractivity contribution < 1.29 is 13.5 Å². The molecule has 1 aliphatic rings. The summed E-state index contributed by atoms with van der Waals surface area (Å²) in [6.45, 7) is 4.01. The fraction of sp³-hybridized carbons (Fsp3) is 0.625. The van der Waals surface area contributed by atoms with Crippen LogP contribution in [0.2, 0.25) is 0 Å². The van der Waals surface area contributed by atoms with E-state index in [0.717, 1.165) is 40.4 Å². The number of aryl methyl sites for hydroxylation is 2. The lowest BCUT2D eigenvalue weighted by molar-refractivity contribution is 0.0856. The van der Waals surface area contributed by atoms with Crippen LogP contribution in [0.4, 0.5) is 0 Å². The molecule has 5 heteroatoms. The lowest BCUT2D eigenvalue weighted by atomic mass is 9.82. The third-order valence-corrected chi connectivity index (χ3v) is 7.41. The van der Waals surface area contributed by atoms with Gasteiger partial charge in [-0.25, -0.2) is 8.42 Å². The molecule has 3 atom stereocenters. The number of aliphatic hydroxyl groups is 1. The van der Waals surface area contributed by atoms with Gasteiger partial charge in [0.1, 0.15) is 9.84 Å². The molecule has 1 aliphatic carbocycles. The van der Waals surface area contributed by atoms with Crippen molar-refractivity contribution in [2.24, 2.45) is 5.92 Å². The summed E-state index contributed by atoms with van der Waals surface area (Å²) in [4.78, 5) is 0. The van der Waals surface area contributed by atoms with E-state index in [1.165, 1.54) is 6.26 Å². The summed E-state index contributed by atoms with van der Waals surface area (Å²) in [6.07, 6.45) is 3.77. The number of rotatable bonds is 3. The van der Waals surface area contributed by atoms with E-state index in [1.807, 2.05) is 26.0 Å². The zero-order chi connectivity index (χ0) is 15.8. The molecule has 2 rings (SSSR count). The lowest BCUT2D eigenvalue weighted by Gasteiger charge is -2.31. The predicted molar refractivity (Wildman–Crippen MR) is 89.2 cm³/mol. The van der Waals surface area contributed by atoms with E-state index in [-0.39, 0.29) is 11.2 Å². The van der Waals surface area contributed by atoms with Gasteiger partial charge in [-0.2, -0.15) is 0 Å². The highest BCUT2D eigenvalue weighted by atomic mass is 79.9. The monoisotopic (exact) mass is 374 g/mol. The zero-order valence-corrected chi connectivity index (χ0v) is 15.2. The molecule has 1 aromatic carbocycles. The van der Waals surface area contributed by atoms with Crippen molar-refractivity contribution in [1.82, 2.24) is 0 Å². The first-order valence-electron chi connectivity index (χ1n) is 7.33. The third kappa shape index (κ3) is 3.88. The number of aliphatic hydroxyl groups excluding tert-OH is 1. The van der Waals surface area contributed by atoms with Crippen molar-refractivity contribution in [3.8, 4) is 0 Å². The van der Waals surface area contributed by atoms with E-state index in [1.54, 1.807) is 0 Å². The Balaban J connectivity index is 2.22. The van der Waals surface area contributed by atoms with Gasteiger partial charge in [0.2, 0.25) is 0 Å². The van der Waals surface area contributed by atoms with Crippen LogP contribution in [-0.2, 0) is 9.84 Å². The number of hydrogen-bond donors (Lipinski definition) is 1. The number of halogens is 1. The van der Waals surface area contributed by atoms with Crippen LogP contribution in [0.5, 0.6) is 0 Å². The van der Waals surface area contributed by atoms with Crippen LogP contribution in [0.25, 0.3) is 0 Å². The quantitative estimate of drug-likeness (QED) is 0.877. The van der Waals surface area contributed by atoms with E-state index >= 15 is 0 Å². The Hall–Kier alpha value is -0.390. The van der Waals surface area contributed by atoms with Crippen LogP contribution in [-0.4, -0.2) is 25.0 Å². The molecule has 1 N–H and O–H groups in total. The SMILES string of the molecule is Cc1cc(C(O)C2CCCC(S(C)(=O)=O)C2)cc(C)c1Br. The summed E-state index contributed by atoms with van der Waals surface area (Å²) in [6, 6.07) is 3.98. The molecule has 1 fully saturated rings. The molecule has 0 amide bonds. The molecule has 0 bridgehead atoms. The van der Waals surface area contributed by atoms with Gasteiger partial charge in [-0.15, -0.1) is 0 Å². The first-order valence-corrected chi connectivity index (χ1v) is 10.1. The van der Waals surface area contributed by atoms with Gasteiger partial charge in [0.15, 0.2) is 0 Å². The Bertz CT molecular complexity index is 601. The van der Waals surface area contributed by atoms with Crippen molar-refractivity contribution in [3.63, 3.8) is 0 Å². The molecular formula is C16H23BrO3S. The zero-order valence-electron chi connectivity index (χ0n) is 12.8. The standard InChI is InChI=1S/C16H23BrO3S/c1-10-7-13(8-11(2)15(10)17)16(18)12-5-4-6-14(9-12)21(3,19)20/h7-8,12,14,16,18H,4-6,9H2,1-3H3. The number of benzene rings is 1. The summed E-state index contributed by atoms with van der Waals surface area (Å²) >= 11 is 3.53. The van der Waals surface area contributed by atoms with E-state index in [9.17, 15) is 13.5 Å². The van der Waals surface area contributed by atoms with Crippen molar-refractivity contribution in [1.29, 1.82) is 0 Å². The number of sulfone groups is 1. The van der Waals surface area contributed by atoms with Gasteiger partial charge < -0.3 is 5.11 Å². The second-order valence-electron chi connectivity index (χ2n) is 6.29. The minimum atomic E-state index is -3.02. The van der Waals surface area contributed by atoms with Gasteiger partial charge in [-0.05, 0) is 55.7 Å². The predicted octanol–water partition coefficient (Wildman–Crippen LogP) is 3.70. The van der Waals surface area contributed by atoms with E-state index < -0.39 is 15.9 Å². The minimum Gasteiger partial charge on any atom is -0.388 e. The second kappa shape index (κ2) is 6.39. The Morgan fingerprint density at radius 3 is 2.33 bits per heavy atom. The smallest absolute Gasteiger partial charge is 0.150 e. The van der Waals surface area contributed by atoms with Gasteiger partial charge in [0, 0.05) is 10.7 Å². The highest BCUT2D eigenvalue weighted by Gasteiger charge is 2.33. The first kappa shape index (κ1) is 17.0. The summed E-state index contributed by atoms with van der Waals surface area (Å²) < 4.78 is 24.6. The first-order chi connectivity index (χ1) is 9.70. The molecule has 3 unspecified atom stereocenters. The van der Waals surface area contributed by atoms with Crippen molar-refractivity contribution >= 4 is 25.8 Å². The summed E-state index contributed by atoms with van der Waals surface area (Å²) in [5, 5.41) is 10.4. The molecular weight excluding hydrogens is 352 g/mol. The van der Waals surface area contributed by atoms with E-state index in [0.29, 0.717) is 6.42 Å². The molecule has 0 aliphatic heterocycles. The molecule has 1 saturated carbocycles. The Morgan fingerprint density at radius 1 is 1.24 bits per heavy atom.